The number of aromatic nitrogens is 4. The van der Waals surface area contributed by atoms with E-state index in [1.165, 1.54) is 18.7 Å². The summed E-state index contributed by atoms with van der Waals surface area (Å²) in [4.78, 5) is 27.5. The maximum absolute atomic E-state index is 13.0. The van der Waals surface area contributed by atoms with Gasteiger partial charge in [0.1, 0.15) is 0 Å². The topological polar surface area (TPSA) is 105 Å². The summed E-state index contributed by atoms with van der Waals surface area (Å²) in [6, 6.07) is 24.9. The fourth-order valence-corrected chi connectivity index (χ4v) is 4.75. The van der Waals surface area contributed by atoms with Crippen LogP contribution in [0, 0.1) is 0 Å². The molecule has 0 spiro atoms. The molecular weight excluding hydrogens is 472 g/mol. The van der Waals surface area contributed by atoms with Crippen molar-refractivity contribution >= 4 is 45.9 Å². The number of aromatic amines is 1. The summed E-state index contributed by atoms with van der Waals surface area (Å²) in [6.07, 6.45) is 1.93. The Morgan fingerprint density at radius 2 is 1.56 bits per heavy atom. The number of carbonyl (C=O) groups is 2. The van der Waals surface area contributed by atoms with Crippen LogP contribution >= 0.6 is 11.8 Å². The molecule has 5 aromatic rings. The van der Waals surface area contributed by atoms with Crippen LogP contribution in [0.3, 0.4) is 0 Å². The van der Waals surface area contributed by atoms with Gasteiger partial charge in [-0.05, 0) is 49.4 Å². The molecule has 0 radical (unpaired) electrons. The quantitative estimate of drug-likeness (QED) is 0.258. The normalized spacial score (nSPS) is 11.8. The zero-order valence-electron chi connectivity index (χ0n) is 19.7. The lowest BCUT2D eigenvalue weighted by molar-refractivity contribution is -0.115. The van der Waals surface area contributed by atoms with Gasteiger partial charge in [0.05, 0.1) is 5.25 Å². The largest absolute Gasteiger partial charge is 0.360 e. The van der Waals surface area contributed by atoms with Gasteiger partial charge < -0.3 is 15.6 Å². The molecule has 0 fully saturated rings. The summed E-state index contributed by atoms with van der Waals surface area (Å²) < 4.78 is 1.98. The van der Waals surface area contributed by atoms with Crippen molar-refractivity contribution < 1.29 is 9.59 Å². The molecule has 0 bridgehead atoms. The third-order valence-corrected chi connectivity index (χ3v) is 6.64. The predicted octanol–water partition coefficient (Wildman–Crippen LogP) is 5.49. The number of fused-ring (bicyclic) bond motifs is 1. The molecule has 1 atom stereocenters. The average Bonchev–Trinajstić information content (AvgIpc) is 3.49. The molecule has 0 aliphatic rings. The van der Waals surface area contributed by atoms with Gasteiger partial charge in [-0.25, -0.2) is 0 Å². The number of amides is 2. The van der Waals surface area contributed by atoms with Gasteiger partial charge >= 0.3 is 0 Å². The Morgan fingerprint density at radius 1 is 0.889 bits per heavy atom. The van der Waals surface area contributed by atoms with Gasteiger partial charge in [-0.2, -0.15) is 0 Å². The highest BCUT2D eigenvalue weighted by atomic mass is 32.2. The number of benzene rings is 3. The number of para-hydroxylation sites is 2. The van der Waals surface area contributed by atoms with E-state index in [4.69, 9.17) is 0 Å². The van der Waals surface area contributed by atoms with E-state index in [9.17, 15) is 9.59 Å². The molecule has 8 nitrogen and oxygen atoms in total. The van der Waals surface area contributed by atoms with Gasteiger partial charge in [0.15, 0.2) is 11.0 Å². The zero-order chi connectivity index (χ0) is 25.1. The minimum Gasteiger partial charge on any atom is -0.360 e. The summed E-state index contributed by atoms with van der Waals surface area (Å²) in [6.45, 7) is 3.29. The Kier molecular flexibility index (Phi) is 6.55. The third kappa shape index (κ3) is 4.87. The highest BCUT2D eigenvalue weighted by Gasteiger charge is 2.23. The van der Waals surface area contributed by atoms with Crippen molar-refractivity contribution in [2.75, 3.05) is 10.6 Å². The second-order valence-corrected chi connectivity index (χ2v) is 9.54. The molecule has 180 valence electrons. The van der Waals surface area contributed by atoms with Crippen LogP contribution in [-0.4, -0.2) is 36.8 Å². The first kappa shape index (κ1) is 23.4. The lowest BCUT2D eigenvalue weighted by Crippen LogP contribution is -2.23. The van der Waals surface area contributed by atoms with Gasteiger partial charge in [-0.15, -0.1) is 10.2 Å². The average molecular weight is 497 g/mol. The fraction of sp³-hybridized carbons (Fsp3) is 0.111. The maximum Gasteiger partial charge on any atom is 0.237 e. The molecule has 2 heterocycles. The number of hydrogen-bond acceptors (Lipinski definition) is 5. The van der Waals surface area contributed by atoms with Crippen molar-refractivity contribution in [3.63, 3.8) is 0 Å². The first-order valence-corrected chi connectivity index (χ1v) is 12.3. The van der Waals surface area contributed by atoms with Gasteiger partial charge in [0, 0.05) is 46.6 Å². The summed E-state index contributed by atoms with van der Waals surface area (Å²) in [5, 5.41) is 15.8. The van der Waals surface area contributed by atoms with Gasteiger partial charge in [-0.1, -0.05) is 48.2 Å². The van der Waals surface area contributed by atoms with Crippen LogP contribution in [0.25, 0.3) is 28.0 Å². The van der Waals surface area contributed by atoms with Crippen LogP contribution in [0.15, 0.2) is 90.2 Å². The number of thioether (sulfide) groups is 1. The van der Waals surface area contributed by atoms with Crippen LogP contribution in [-0.2, 0) is 9.59 Å². The first-order valence-electron chi connectivity index (χ1n) is 11.4. The molecule has 9 heteroatoms. The van der Waals surface area contributed by atoms with E-state index >= 15 is 0 Å². The number of H-pyrrole nitrogens is 1. The summed E-state index contributed by atoms with van der Waals surface area (Å²) >= 11 is 1.34. The Morgan fingerprint density at radius 3 is 2.28 bits per heavy atom. The smallest absolute Gasteiger partial charge is 0.237 e. The van der Waals surface area contributed by atoms with Crippen molar-refractivity contribution in [1.82, 2.24) is 19.7 Å². The molecule has 0 unspecified atom stereocenters. The summed E-state index contributed by atoms with van der Waals surface area (Å²) in [7, 11) is 0. The molecule has 2 aromatic heterocycles. The number of hydrogen-bond donors (Lipinski definition) is 3. The number of nitrogens with one attached hydrogen (secondary N) is 3. The molecule has 3 N–H and O–H groups in total. The van der Waals surface area contributed by atoms with E-state index in [1.54, 1.807) is 24.3 Å². The molecule has 0 saturated carbocycles. The minimum absolute atomic E-state index is 0.147. The highest BCUT2D eigenvalue weighted by Crippen LogP contribution is 2.33. The number of anilines is 2. The van der Waals surface area contributed by atoms with E-state index < -0.39 is 5.25 Å². The SMILES string of the molecule is CC(=O)Nc1ccc(NC(=O)[C@@H](C)Sc2nnc(-c3c[nH]c4ccccc34)n2-c2ccccc2)cc1. The predicted molar refractivity (Wildman–Crippen MR) is 143 cm³/mol. The van der Waals surface area contributed by atoms with Gasteiger partial charge in [0.25, 0.3) is 0 Å². The monoisotopic (exact) mass is 496 g/mol. The first-order chi connectivity index (χ1) is 17.5. The molecule has 0 aliphatic heterocycles. The van der Waals surface area contributed by atoms with Crippen molar-refractivity contribution in [3.05, 3.63) is 85.1 Å². The van der Waals surface area contributed by atoms with Crippen LogP contribution < -0.4 is 10.6 Å². The number of rotatable bonds is 7. The van der Waals surface area contributed by atoms with Crippen molar-refractivity contribution in [1.29, 1.82) is 0 Å². The van der Waals surface area contributed by atoms with E-state index in [1.807, 2.05) is 72.3 Å². The van der Waals surface area contributed by atoms with Crippen LogP contribution in [0.2, 0.25) is 0 Å². The van der Waals surface area contributed by atoms with Crippen molar-refractivity contribution in [2.24, 2.45) is 0 Å². The van der Waals surface area contributed by atoms with E-state index in [-0.39, 0.29) is 11.8 Å². The van der Waals surface area contributed by atoms with Crippen molar-refractivity contribution in [3.8, 4) is 17.1 Å². The fourth-order valence-electron chi connectivity index (χ4n) is 3.88. The van der Waals surface area contributed by atoms with Crippen LogP contribution in [0.5, 0.6) is 0 Å². The Bertz CT molecular complexity index is 1530. The Labute approximate surface area is 212 Å². The molecular formula is C27H24N6O2S. The number of nitrogens with zero attached hydrogens (tertiary/aromatic N) is 3. The molecule has 36 heavy (non-hydrogen) atoms. The standard InChI is InChI=1S/C27H24N6O2S/c1-17(26(35)30-20-14-12-19(13-15-20)29-18(2)34)36-27-32-31-25(33(27)21-8-4-3-5-9-21)23-16-28-24-11-7-6-10-22(23)24/h3-17,28H,1-2H3,(H,29,34)(H,30,35)/t17-/m1/s1. The van der Waals surface area contributed by atoms with E-state index in [0.29, 0.717) is 22.4 Å². The summed E-state index contributed by atoms with van der Waals surface area (Å²) in [5.41, 5.74) is 4.17. The van der Waals surface area contributed by atoms with E-state index in [0.717, 1.165) is 22.2 Å². The molecule has 2 amide bonds. The molecule has 3 aromatic carbocycles. The lowest BCUT2D eigenvalue weighted by Gasteiger charge is -2.14. The van der Waals surface area contributed by atoms with Gasteiger partial charge in [-0.3, -0.25) is 14.2 Å². The molecule has 0 aliphatic carbocycles. The number of carbonyl (C=O) groups excluding carboxylic acids is 2. The third-order valence-electron chi connectivity index (χ3n) is 5.60. The van der Waals surface area contributed by atoms with E-state index in [2.05, 4.69) is 25.8 Å². The highest BCUT2D eigenvalue weighted by molar-refractivity contribution is 8.00. The maximum atomic E-state index is 13.0. The lowest BCUT2D eigenvalue weighted by atomic mass is 10.1. The summed E-state index contributed by atoms with van der Waals surface area (Å²) in [5.74, 6) is 0.386. The second-order valence-electron chi connectivity index (χ2n) is 8.23. The van der Waals surface area contributed by atoms with Crippen LogP contribution in [0.1, 0.15) is 13.8 Å². The molecule has 5 rings (SSSR count). The molecule has 0 saturated heterocycles. The second kappa shape index (κ2) is 10.1. The minimum atomic E-state index is -0.442. The van der Waals surface area contributed by atoms with Gasteiger partial charge in [0.2, 0.25) is 11.8 Å². The van der Waals surface area contributed by atoms with Crippen molar-refractivity contribution in [2.45, 2.75) is 24.3 Å². The Balaban J connectivity index is 1.41. The Hall–Kier alpha value is -4.37. The zero-order valence-corrected chi connectivity index (χ0v) is 20.5. The van der Waals surface area contributed by atoms with Crippen LogP contribution in [0.4, 0.5) is 11.4 Å².